The average molecular weight is 402 g/mol. The highest BCUT2D eigenvalue weighted by Gasteiger charge is 2.34. The zero-order valence-electron chi connectivity index (χ0n) is 13.9. The van der Waals surface area contributed by atoms with E-state index in [9.17, 15) is 4.79 Å². The first-order valence-corrected chi connectivity index (χ1v) is 8.87. The fraction of sp³-hybridized carbons (Fsp3) is 0.278. The molecule has 25 heavy (non-hydrogen) atoms. The predicted octanol–water partition coefficient (Wildman–Crippen LogP) is 4.93. The normalized spacial score (nSPS) is 12.4. The summed E-state index contributed by atoms with van der Waals surface area (Å²) in [6.45, 7) is 4.33. The van der Waals surface area contributed by atoms with Crippen LogP contribution in [0.2, 0.25) is 0 Å². The van der Waals surface area contributed by atoms with Crippen molar-refractivity contribution >= 4 is 46.4 Å². The molecule has 0 aliphatic heterocycles. The van der Waals surface area contributed by atoms with Gasteiger partial charge in [0.25, 0.3) is 5.91 Å². The van der Waals surface area contributed by atoms with E-state index in [4.69, 9.17) is 39.5 Å². The Morgan fingerprint density at radius 2 is 1.76 bits per heavy atom. The van der Waals surface area contributed by atoms with Gasteiger partial charge in [-0.2, -0.15) is 0 Å². The number of amides is 1. The number of alkyl halides is 3. The molecule has 0 aliphatic rings. The van der Waals surface area contributed by atoms with Gasteiger partial charge in [0, 0.05) is 11.3 Å². The van der Waals surface area contributed by atoms with Crippen molar-refractivity contribution in [3.8, 4) is 5.75 Å². The third-order valence-electron chi connectivity index (χ3n) is 3.47. The molecule has 134 valence electrons. The fourth-order valence-electron chi connectivity index (χ4n) is 2.22. The minimum Gasteiger partial charge on any atom is -0.494 e. The number of nitrogens with one attached hydrogen (secondary N) is 2. The molecule has 0 aromatic heterocycles. The van der Waals surface area contributed by atoms with Crippen molar-refractivity contribution in [2.75, 3.05) is 11.9 Å². The van der Waals surface area contributed by atoms with E-state index in [0.717, 1.165) is 11.3 Å². The molecule has 0 radical (unpaired) electrons. The zero-order valence-corrected chi connectivity index (χ0v) is 16.1. The standard InChI is InChI=1S/C18H19Cl3N2O2/c1-3-25-14-10-8-13(9-11-14)22-17(18(19,20)21)23-16(24)15-7-5-4-6-12(15)2/h4-11,17,22H,3H2,1-2H3,(H,23,24). The molecule has 0 fully saturated rings. The van der Waals surface area contributed by atoms with Crippen LogP contribution < -0.4 is 15.4 Å². The summed E-state index contributed by atoms with van der Waals surface area (Å²) in [5.74, 6) is 0.412. The van der Waals surface area contributed by atoms with Gasteiger partial charge in [-0.25, -0.2) is 0 Å². The molecule has 0 spiro atoms. The van der Waals surface area contributed by atoms with Gasteiger partial charge in [-0.15, -0.1) is 0 Å². The van der Waals surface area contributed by atoms with Gasteiger partial charge in [-0.05, 0) is 49.7 Å². The molecule has 0 saturated carbocycles. The summed E-state index contributed by atoms with van der Waals surface area (Å²) in [5.41, 5.74) is 2.05. The van der Waals surface area contributed by atoms with Crippen LogP contribution in [0.15, 0.2) is 48.5 Å². The Labute approximate surface area is 162 Å². The number of hydrogen-bond acceptors (Lipinski definition) is 3. The van der Waals surface area contributed by atoms with Crippen LogP contribution in [-0.4, -0.2) is 22.5 Å². The molecule has 0 bridgehead atoms. The molecule has 7 heteroatoms. The lowest BCUT2D eigenvalue weighted by atomic mass is 10.1. The van der Waals surface area contributed by atoms with Crippen LogP contribution >= 0.6 is 34.8 Å². The number of hydrogen-bond donors (Lipinski definition) is 2. The SMILES string of the molecule is CCOc1ccc(NC(NC(=O)c2ccccc2C)C(Cl)(Cl)Cl)cc1. The van der Waals surface area contributed by atoms with Gasteiger partial charge in [0.1, 0.15) is 11.9 Å². The monoisotopic (exact) mass is 400 g/mol. The second kappa shape index (κ2) is 8.65. The van der Waals surface area contributed by atoms with Gasteiger partial charge in [0.15, 0.2) is 0 Å². The molecule has 0 saturated heterocycles. The van der Waals surface area contributed by atoms with Crippen LogP contribution in [0, 0.1) is 6.92 Å². The van der Waals surface area contributed by atoms with Gasteiger partial charge in [-0.3, -0.25) is 4.79 Å². The summed E-state index contributed by atoms with van der Waals surface area (Å²) in [4.78, 5) is 12.5. The molecular weight excluding hydrogens is 383 g/mol. The van der Waals surface area contributed by atoms with Gasteiger partial charge >= 0.3 is 0 Å². The van der Waals surface area contributed by atoms with Crippen molar-refractivity contribution < 1.29 is 9.53 Å². The topological polar surface area (TPSA) is 50.4 Å². The summed E-state index contributed by atoms with van der Waals surface area (Å²) in [6, 6.07) is 14.4. The molecule has 2 aromatic carbocycles. The third-order valence-corrected chi connectivity index (χ3v) is 4.12. The number of rotatable bonds is 6. The van der Waals surface area contributed by atoms with Crippen LogP contribution in [-0.2, 0) is 0 Å². The van der Waals surface area contributed by atoms with Crippen LogP contribution in [0.5, 0.6) is 5.75 Å². The van der Waals surface area contributed by atoms with Crippen LogP contribution in [0.25, 0.3) is 0 Å². The second-order valence-corrected chi connectivity index (χ2v) is 7.73. The van der Waals surface area contributed by atoms with Crippen molar-refractivity contribution in [1.82, 2.24) is 5.32 Å². The number of carbonyl (C=O) groups is 1. The maximum atomic E-state index is 12.5. The smallest absolute Gasteiger partial charge is 0.253 e. The fourth-order valence-corrected chi connectivity index (χ4v) is 2.54. The maximum Gasteiger partial charge on any atom is 0.253 e. The number of ether oxygens (including phenoxy) is 1. The number of benzene rings is 2. The van der Waals surface area contributed by atoms with Crippen molar-refractivity contribution in [3.05, 3.63) is 59.7 Å². The molecule has 2 rings (SSSR count). The summed E-state index contributed by atoms with van der Waals surface area (Å²) < 4.78 is 3.65. The minimum absolute atomic E-state index is 0.326. The third kappa shape index (κ3) is 5.70. The average Bonchev–Trinajstić information content (AvgIpc) is 2.55. The van der Waals surface area contributed by atoms with Crippen molar-refractivity contribution in [1.29, 1.82) is 0 Å². The molecule has 2 aromatic rings. The second-order valence-electron chi connectivity index (χ2n) is 5.36. The van der Waals surface area contributed by atoms with Gasteiger partial charge in [0.2, 0.25) is 3.79 Å². The Bertz CT molecular complexity index is 715. The summed E-state index contributed by atoms with van der Waals surface area (Å²) >= 11 is 18.1. The van der Waals surface area contributed by atoms with Gasteiger partial charge in [0.05, 0.1) is 6.61 Å². The van der Waals surface area contributed by atoms with Crippen LogP contribution in [0.3, 0.4) is 0 Å². The summed E-state index contributed by atoms with van der Waals surface area (Å²) in [5, 5.41) is 5.75. The minimum atomic E-state index is -1.74. The van der Waals surface area contributed by atoms with Gasteiger partial charge in [-0.1, -0.05) is 53.0 Å². The summed E-state index contributed by atoms with van der Waals surface area (Å²) in [6.07, 6.45) is -0.914. The Kier molecular flexibility index (Phi) is 6.82. The molecule has 1 unspecified atom stereocenters. The quantitative estimate of drug-likeness (QED) is 0.533. The van der Waals surface area contributed by atoms with E-state index in [1.807, 2.05) is 26.0 Å². The van der Waals surface area contributed by atoms with E-state index in [1.54, 1.807) is 36.4 Å². The first kappa shape index (κ1) is 19.7. The molecule has 0 heterocycles. The molecule has 2 N–H and O–H groups in total. The van der Waals surface area contributed by atoms with E-state index in [-0.39, 0.29) is 5.91 Å². The first-order valence-electron chi connectivity index (χ1n) is 7.74. The zero-order chi connectivity index (χ0) is 18.4. The highest BCUT2D eigenvalue weighted by atomic mass is 35.6. The number of aryl methyl sites for hydroxylation is 1. The van der Waals surface area contributed by atoms with E-state index in [0.29, 0.717) is 17.9 Å². The molecular formula is C18H19Cl3N2O2. The van der Waals surface area contributed by atoms with Crippen LogP contribution in [0.4, 0.5) is 5.69 Å². The highest BCUT2D eigenvalue weighted by molar-refractivity contribution is 6.68. The van der Waals surface area contributed by atoms with Crippen LogP contribution in [0.1, 0.15) is 22.8 Å². The lowest BCUT2D eigenvalue weighted by molar-refractivity contribution is 0.0941. The molecule has 0 aliphatic carbocycles. The first-order chi connectivity index (χ1) is 11.8. The van der Waals surface area contributed by atoms with Crippen molar-refractivity contribution in [2.45, 2.75) is 23.8 Å². The Balaban J connectivity index is 2.14. The predicted molar refractivity (Wildman–Crippen MR) is 104 cm³/mol. The lowest BCUT2D eigenvalue weighted by Crippen LogP contribution is -2.49. The summed E-state index contributed by atoms with van der Waals surface area (Å²) in [7, 11) is 0. The molecule has 1 amide bonds. The number of carbonyl (C=O) groups excluding carboxylic acids is 1. The Morgan fingerprint density at radius 3 is 2.32 bits per heavy atom. The van der Waals surface area contributed by atoms with E-state index in [1.165, 1.54) is 0 Å². The largest absolute Gasteiger partial charge is 0.494 e. The highest BCUT2D eigenvalue weighted by Crippen LogP contribution is 2.31. The van der Waals surface area contributed by atoms with Crippen molar-refractivity contribution in [2.24, 2.45) is 0 Å². The maximum absolute atomic E-state index is 12.5. The molecule has 4 nitrogen and oxygen atoms in total. The van der Waals surface area contributed by atoms with Gasteiger partial charge < -0.3 is 15.4 Å². The van der Waals surface area contributed by atoms with E-state index >= 15 is 0 Å². The van der Waals surface area contributed by atoms with Crippen molar-refractivity contribution in [3.63, 3.8) is 0 Å². The lowest BCUT2D eigenvalue weighted by Gasteiger charge is -2.27. The van der Waals surface area contributed by atoms with E-state index < -0.39 is 9.96 Å². The Hall–Kier alpha value is -1.62. The Morgan fingerprint density at radius 1 is 1.12 bits per heavy atom. The molecule has 1 atom stereocenters. The number of anilines is 1. The number of halogens is 3. The van der Waals surface area contributed by atoms with E-state index in [2.05, 4.69) is 10.6 Å².